The maximum absolute atomic E-state index is 11.1. The number of hydrogen-bond donors (Lipinski definition) is 4. The van der Waals surface area contributed by atoms with Gasteiger partial charge in [-0.25, -0.2) is 4.79 Å². The van der Waals surface area contributed by atoms with Crippen molar-refractivity contribution in [1.82, 2.24) is 15.1 Å². The predicted octanol–water partition coefficient (Wildman–Crippen LogP) is -1.04. The molecule has 0 bridgehead atoms. The third-order valence-corrected chi connectivity index (χ3v) is 2.69. The number of nitrogens with one attached hydrogen (secondary N) is 1. The zero-order chi connectivity index (χ0) is 14.7. The molecule has 106 valence electrons. The Bertz CT molecular complexity index is 497. The van der Waals surface area contributed by atoms with E-state index >= 15 is 0 Å². The normalized spacial score (nSPS) is 13.9. The van der Waals surface area contributed by atoms with Gasteiger partial charge in [-0.05, 0) is 6.92 Å². The van der Waals surface area contributed by atoms with Gasteiger partial charge in [0.25, 0.3) is 0 Å². The van der Waals surface area contributed by atoms with Crippen molar-refractivity contribution in [2.45, 2.75) is 26.1 Å². The summed E-state index contributed by atoms with van der Waals surface area (Å²) in [6.07, 6.45) is -2.75. The first kappa shape index (κ1) is 15.1. The van der Waals surface area contributed by atoms with Crippen LogP contribution in [0.25, 0.3) is 0 Å². The van der Waals surface area contributed by atoms with Crippen LogP contribution in [0.5, 0.6) is 0 Å². The summed E-state index contributed by atoms with van der Waals surface area (Å²) in [4.78, 5) is 21.9. The highest BCUT2D eigenvalue weighted by Gasteiger charge is 2.29. The van der Waals surface area contributed by atoms with Crippen molar-refractivity contribution < 1.29 is 24.9 Å². The summed E-state index contributed by atoms with van der Waals surface area (Å²) in [5, 5.41) is 35.1. The minimum Gasteiger partial charge on any atom is -0.477 e. The number of rotatable bonds is 5. The Kier molecular flexibility index (Phi) is 4.62. The van der Waals surface area contributed by atoms with Crippen LogP contribution in [0.2, 0.25) is 0 Å². The van der Waals surface area contributed by atoms with Crippen molar-refractivity contribution in [2.75, 3.05) is 6.54 Å². The highest BCUT2D eigenvalue weighted by atomic mass is 16.4. The number of aryl methyl sites for hydroxylation is 2. The van der Waals surface area contributed by atoms with Gasteiger partial charge < -0.3 is 20.6 Å². The molecule has 4 N–H and O–H groups in total. The number of amides is 1. The van der Waals surface area contributed by atoms with Crippen molar-refractivity contribution in [1.29, 1.82) is 0 Å². The molecular weight excluding hydrogens is 254 g/mol. The maximum Gasteiger partial charge on any atom is 0.354 e. The third kappa shape index (κ3) is 3.30. The summed E-state index contributed by atoms with van der Waals surface area (Å²) in [5.74, 6) is -1.60. The van der Waals surface area contributed by atoms with E-state index in [1.54, 1.807) is 0 Å². The van der Waals surface area contributed by atoms with Gasteiger partial charge in [-0.3, -0.25) is 9.48 Å². The van der Waals surface area contributed by atoms with Gasteiger partial charge in [0.1, 0.15) is 12.2 Å². The Morgan fingerprint density at radius 3 is 2.47 bits per heavy atom. The van der Waals surface area contributed by atoms with E-state index in [4.69, 9.17) is 5.11 Å². The molecule has 0 saturated heterocycles. The van der Waals surface area contributed by atoms with Gasteiger partial charge in [-0.1, -0.05) is 0 Å². The molecular formula is C11H17N3O5. The van der Waals surface area contributed by atoms with Crippen LogP contribution in [-0.2, 0) is 11.8 Å². The molecule has 1 rings (SSSR count). The number of carbonyl (C=O) groups excluding carboxylic acids is 1. The Labute approximate surface area is 109 Å². The molecule has 0 aliphatic heterocycles. The van der Waals surface area contributed by atoms with E-state index in [0.717, 1.165) is 4.68 Å². The zero-order valence-corrected chi connectivity index (χ0v) is 10.9. The van der Waals surface area contributed by atoms with Crippen LogP contribution >= 0.6 is 0 Å². The van der Waals surface area contributed by atoms with Gasteiger partial charge in [0.05, 0.1) is 5.69 Å². The molecule has 0 radical (unpaired) electrons. The summed E-state index contributed by atoms with van der Waals surface area (Å²) in [5.41, 5.74) is 0.175. The second kappa shape index (κ2) is 5.81. The highest BCUT2D eigenvalue weighted by Crippen LogP contribution is 2.24. The van der Waals surface area contributed by atoms with E-state index in [1.807, 2.05) is 0 Å². The molecule has 0 fully saturated rings. The summed E-state index contributed by atoms with van der Waals surface area (Å²) in [6.45, 7) is 2.64. The smallest absolute Gasteiger partial charge is 0.354 e. The molecule has 0 aliphatic carbocycles. The molecule has 1 aromatic heterocycles. The van der Waals surface area contributed by atoms with E-state index in [2.05, 4.69) is 10.4 Å². The van der Waals surface area contributed by atoms with Crippen LogP contribution in [0.4, 0.5) is 0 Å². The number of carboxylic acids is 1. The summed E-state index contributed by atoms with van der Waals surface area (Å²) < 4.78 is 1.13. The lowest BCUT2D eigenvalue weighted by Gasteiger charge is -2.18. The van der Waals surface area contributed by atoms with E-state index in [1.165, 1.54) is 20.9 Å². The predicted molar refractivity (Wildman–Crippen MR) is 64.6 cm³/mol. The number of hydrogen-bond acceptors (Lipinski definition) is 5. The number of aliphatic hydroxyl groups excluding tert-OH is 2. The minimum atomic E-state index is -1.44. The monoisotopic (exact) mass is 271 g/mol. The Morgan fingerprint density at radius 1 is 1.42 bits per heavy atom. The largest absolute Gasteiger partial charge is 0.477 e. The minimum absolute atomic E-state index is 0.0489. The van der Waals surface area contributed by atoms with E-state index in [-0.39, 0.29) is 23.7 Å². The zero-order valence-electron chi connectivity index (χ0n) is 10.9. The second-order valence-corrected chi connectivity index (χ2v) is 4.23. The fraction of sp³-hybridized carbons (Fsp3) is 0.545. The van der Waals surface area contributed by atoms with Crippen molar-refractivity contribution in [3.05, 3.63) is 17.0 Å². The topological polar surface area (TPSA) is 125 Å². The number of aromatic carboxylic acids is 1. The molecule has 1 heterocycles. The van der Waals surface area contributed by atoms with Crippen LogP contribution in [-0.4, -0.2) is 49.6 Å². The number of nitrogens with zero attached hydrogens (tertiary/aromatic N) is 2. The van der Waals surface area contributed by atoms with Crippen LogP contribution in [0.3, 0.4) is 0 Å². The van der Waals surface area contributed by atoms with E-state index in [9.17, 15) is 19.8 Å². The molecule has 0 saturated carbocycles. The van der Waals surface area contributed by atoms with E-state index < -0.39 is 18.2 Å². The highest BCUT2D eigenvalue weighted by molar-refractivity contribution is 5.88. The molecule has 1 amide bonds. The fourth-order valence-corrected chi connectivity index (χ4v) is 1.83. The van der Waals surface area contributed by atoms with Gasteiger partial charge in [0.15, 0.2) is 5.69 Å². The van der Waals surface area contributed by atoms with Crippen LogP contribution in [0, 0.1) is 6.92 Å². The molecule has 1 aromatic rings. The number of carboxylic acid groups (broad SMARTS) is 1. The van der Waals surface area contributed by atoms with Crippen molar-refractivity contribution in [2.24, 2.45) is 7.05 Å². The van der Waals surface area contributed by atoms with Crippen molar-refractivity contribution >= 4 is 11.9 Å². The van der Waals surface area contributed by atoms with Gasteiger partial charge >= 0.3 is 5.97 Å². The lowest BCUT2D eigenvalue weighted by Crippen LogP contribution is -2.34. The van der Waals surface area contributed by atoms with E-state index in [0.29, 0.717) is 5.69 Å². The van der Waals surface area contributed by atoms with Gasteiger partial charge in [0.2, 0.25) is 5.91 Å². The fourth-order valence-electron chi connectivity index (χ4n) is 1.83. The SMILES string of the molecule is CC(=O)NCC(O)C(O)c1c(C)nn(C)c1C(=O)O. The Hall–Kier alpha value is -1.93. The lowest BCUT2D eigenvalue weighted by atomic mass is 10.0. The Morgan fingerprint density at radius 2 is 2.00 bits per heavy atom. The lowest BCUT2D eigenvalue weighted by molar-refractivity contribution is -0.119. The average molecular weight is 271 g/mol. The average Bonchev–Trinajstić information content (AvgIpc) is 2.59. The first-order valence-corrected chi connectivity index (χ1v) is 5.63. The number of carbonyl (C=O) groups is 2. The molecule has 0 spiro atoms. The molecule has 0 aliphatic rings. The Balaban J connectivity index is 3.01. The number of aliphatic hydroxyl groups is 2. The van der Waals surface area contributed by atoms with Crippen molar-refractivity contribution in [3.63, 3.8) is 0 Å². The van der Waals surface area contributed by atoms with Crippen LogP contribution in [0.15, 0.2) is 0 Å². The van der Waals surface area contributed by atoms with Crippen molar-refractivity contribution in [3.8, 4) is 0 Å². The first-order valence-electron chi connectivity index (χ1n) is 5.63. The summed E-state index contributed by atoms with van der Waals surface area (Å²) in [6, 6.07) is 0. The summed E-state index contributed by atoms with van der Waals surface area (Å²) in [7, 11) is 1.44. The molecule has 2 atom stereocenters. The quantitative estimate of drug-likeness (QED) is 0.542. The molecule has 8 heteroatoms. The number of aromatic nitrogens is 2. The summed E-state index contributed by atoms with van der Waals surface area (Å²) >= 11 is 0. The first-order chi connectivity index (χ1) is 8.75. The molecule has 0 aromatic carbocycles. The third-order valence-electron chi connectivity index (χ3n) is 2.69. The van der Waals surface area contributed by atoms with Gasteiger partial charge in [-0.2, -0.15) is 5.10 Å². The molecule has 19 heavy (non-hydrogen) atoms. The maximum atomic E-state index is 11.1. The standard InChI is InChI=1S/C11H17N3O5/c1-5-8(9(11(18)19)14(3)13-5)10(17)7(16)4-12-6(2)15/h7,10,16-17H,4H2,1-3H3,(H,12,15)(H,18,19). The van der Waals surface area contributed by atoms with Gasteiger partial charge in [0, 0.05) is 26.1 Å². The molecule has 2 unspecified atom stereocenters. The van der Waals surface area contributed by atoms with Gasteiger partial charge in [-0.15, -0.1) is 0 Å². The molecule has 8 nitrogen and oxygen atoms in total. The van der Waals surface area contributed by atoms with Crippen LogP contribution < -0.4 is 5.32 Å². The second-order valence-electron chi connectivity index (χ2n) is 4.23. The van der Waals surface area contributed by atoms with Crippen LogP contribution in [0.1, 0.15) is 34.8 Å².